The summed E-state index contributed by atoms with van der Waals surface area (Å²) in [5.41, 5.74) is 0.0221. The van der Waals surface area contributed by atoms with Gasteiger partial charge in [0, 0.05) is 6.54 Å². The van der Waals surface area contributed by atoms with Crippen molar-refractivity contribution in [1.82, 2.24) is 9.78 Å². The Kier molecular flexibility index (Phi) is 4.57. The molecule has 1 saturated carbocycles. The van der Waals surface area contributed by atoms with Crippen LogP contribution < -0.4 is 0 Å². The first-order valence-electron chi connectivity index (χ1n) is 7.42. The second kappa shape index (κ2) is 5.84. The molecule has 19 heavy (non-hydrogen) atoms. The van der Waals surface area contributed by atoms with Crippen molar-refractivity contribution in [1.29, 1.82) is 0 Å². The summed E-state index contributed by atoms with van der Waals surface area (Å²) < 4.78 is 1.85. The van der Waals surface area contributed by atoms with Crippen molar-refractivity contribution in [2.75, 3.05) is 0 Å². The molecule has 2 rings (SSSR count). The highest BCUT2D eigenvalue weighted by Crippen LogP contribution is 2.42. The van der Waals surface area contributed by atoms with Gasteiger partial charge in [-0.25, -0.2) is 0 Å². The third kappa shape index (κ3) is 2.97. The van der Waals surface area contributed by atoms with Crippen LogP contribution in [0, 0.1) is 11.8 Å². The molecule has 0 bridgehead atoms. The molecule has 4 heteroatoms. The number of rotatable bonds is 3. The van der Waals surface area contributed by atoms with Gasteiger partial charge in [0.25, 0.3) is 0 Å². The molecular weight excluding hydrogens is 260 g/mol. The average Bonchev–Trinajstić information content (AvgIpc) is 2.63. The molecule has 108 valence electrons. The first kappa shape index (κ1) is 14.9. The van der Waals surface area contributed by atoms with Crippen LogP contribution in [0.1, 0.15) is 58.6 Å². The van der Waals surface area contributed by atoms with Gasteiger partial charge in [-0.2, -0.15) is 5.10 Å². The zero-order valence-electron chi connectivity index (χ0n) is 12.2. The van der Waals surface area contributed by atoms with Crippen molar-refractivity contribution in [3.05, 3.63) is 16.9 Å². The third-order valence-corrected chi connectivity index (χ3v) is 4.85. The van der Waals surface area contributed by atoms with E-state index in [4.69, 9.17) is 11.6 Å². The summed E-state index contributed by atoms with van der Waals surface area (Å²) in [5, 5.41) is 15.9. The van der Waals surface area contributed by atoms with Crippen molar-refractivity contribution in [3.8, 4) is 0 Å². The summed E-state index contributed by atoms with van der Waals surface area (Å²) in [5.74, 6) is 1.40. The number of nitrogens with zero attached hydrogens (tertiary/aromatic N) is 2. The van der Waals surface area contributed by atoms with Gasteiger partial charge in [-0.05, 0) is 44.4 Å². The van der Waals surface area contributed by atoms with E-state index in [1.165, 1.54) is 6.42 Å². The maximum atomic E-state index is 11.1. The Morgan fingerprint density at radius 3 is 2.84 bits per heavy atom. The van der Waals surface area contributed by atoms with Gasteiger partial charge in [-0.1, -0.05) is 31.9 Å². The molecular formula is C15H25ClN2O. The zero-order chi connectivity index (χ0) is 14.0. The van der Waals surface area contributed by atoms with Crippen molar-refractivity contribution >= 4 is 11.6 Å². The lowest BCUT2D eigenvalue weighted by Crippen LogP contribution is -2.29. The Morgan fingerprint density at radius 2 is 2.21 bits per heavy atom. The molecule has 0 aromatic carbocycles. The first-order valence-corrected chi connectivity index (χ1v) is 7.80. The Morgan fingerprint density at radius 1 is 1.47 bits per heavy atom. The molecule has 2 atom stereocenters. The largest absolute Gasteiger partial charge is 0.384 e. The second-order valence-corrected chi connectivity index (χ2v) is 6.53. The first-order chi connectivity index (χ1) is 8.98. The van der Waals surface area contributed by atoms with Gasteiger partial charge in [0.1, 0.15) is 5.60 Å². The van der Waals surface area contributed by atoms with Crippen LogP contribution in [-0.4, -0.2) is 14.9 Å². The summed E-state index contributed by atoms with van der Waals surface area (Å²) in [7, 11) is 0. The molecule has 3 nitrogen and oxygen atoms in total. The summed E-state index contributed by atoms with van der Waals surface area (Å²) in [4.78, 5) is 0. The molecule has 1 aromatic rings. The maximum absolute atomic E-state index is 11.1. The minimum absolute atomic E-state index is 0.604. The highest BCUT2D eigenvalue weighted by atomic mass is 35.5. The van der Waals surface area contributed by atoms with Crippen molar-refractivity contribution in [2.45, 2.75) is 65.0 Å². The van der Waals surface area contributed by atoms with E-state index in [0.717, 1.165) is 37.9 Å². The average molecular weight is 285 g/mol. The van der Waals surface area contributed by atoms with Gasteiger partial charge in [-0.15, -0.1) is 0 Å². The maximum Gasteiger partial charge on any atom is 0.108 e. The van der Waals surface area contributed by atoms with E-state index in [9.17, 15) is 5.11 Å². The number of hydrogen-bond acceptors (Lipinski definition) is 2. The fourth-order valence-electron chi connectivity index (χ4n) is 3.32. The Hall–Kier alpha value is -0.540. The van der Waals surface area contributed by atoms with Crippen molar-refractivity contribution < 1.29 is 5.11 Å². The van der Waals surface area contributed by atoms with E-state index in [1.54, 1.807) is 6.20 Å². The smallest absolute Gasteiger partial charge is 0.108 e. The number of aliphatic hydroxyl groups is 1. The molecule has 1 fully saturated rings. The number of aryl methyl sites for hydroxylation is 1. The predicted octanol–water partition coefficient (Wildman–Crippen LogP) is 3.98. The second-order valence-electron chi connectivity index (χ2n) is 6.12. The number of hydrogen-bond donors (Lipinski definition) is 1. The summed E-state index contributed by atoms with van der Waals surface area (Å²) >= 11 is 6.26. The monoisotopic (exact) mass is 284 g/mol. The van der Waals surface area contributed by atoms with E-state index >= 15 is 0 Å². The highest BCUT2D eigenvalue weighted by molar-refractivity contribution is 6.31. The van der Waals surface area contributed by atoms with E-state index in [-0.39, 0.29) is 0 Å². The van der Waals surface area contributed by atoms with Gasteiger partial charge < -0.3 is 5.11 Å². The van der Waals surface area contributed by atoms with Crippen LogP contribution in [0.2, 0.25) is 5.02 Å². The Balaban J connectivity index is 2.25. The Labute approximate surface area is 121 Å². The normalized spacial score (nSPS) is 28.6. The van der Waals surface area contributed by atoms with Crippen LogP contribution in [0.25, 0.3) is 0 Å². The number of halogens is 1. The molecule has 0 amide bonds. The summed E-state index contributed by atoms with van der Waals surface area (Å²) in [6.45, 7) is 7.33. The van der Waals surface area contributed by atoms with Crippen LogP contribution in [0.15, 0.2) is 6.20 Å². The lowest BCUT2D eigenvalue weighted by Gasteiger charge is -2.28. The molecule has 0 radical (unpaired) electrons. The SMILES string of the molecule is CCn1ncc(Cl)c1C1(O)CCCC(C(C)C)CC1. The molecule has 1 aromatic heterocycles. The Bertz CT molecular complexity index is 430. The molecule has 0 saturated heterocycles. The van der Waals surface area contributed by atoms with Gasteiger partial charge >= 0.3 is 0 Å². The van der Waals surface area contributed by atoms with Crippen molar-refractivity contribution in [2.24, 2.45) is 11.8 Å². The minimum atomic E-state index is -0.798. The van der Waals surface area contributed by atoms with Crippen LogP contribution in [0.5, 0.6) is 0 Å². The van der Waals surface area contributed by atoms with E-state index < -0.39 is 5.60 Å². The highest BCUT2D eigenvalue weighted by Gasteiger charge is 2.37. The van der Waals surface area contributed by atoms with Gasteiger partial charge in [-0.3, -0.25) is 4.68 Å². The standard InChI is InChI=1S/C15H25ClN2O/c1-4-18-14(13(16)10-17-18)15(19)8-5-6-12(7-9-15)11(2)3/h10-12,19H,4-9H2,1-3H3. The van der Waals surface area contributed by atoms with Gasteiger partial charge in [0.05, 0.1) is 16.9 Å². The van der Waals surface area contributed by atoms with Gasteiger partial charge in [0.2, 0.25) is 0 Å². The minimum Gasteiger partial charge on any atom is -0.384 e. The van der Waals surface area contributed by atoms with Gasteiger partial charge in [0.15, 0.2) is 0 Å². The van der Waals surface area contributed by atoms with Crippen LogP contribution >= 0.6 is 11.6 Å². The quantitative estimate of drug-likeness (QED) is 0.853. The lowest BCUT2D eigenvalue weighted by atomic mass is 9.87. The third-order valence-electron chi connectivity index (χ3n) is 4.57. The van der Waals surface area contributed by atoms with E-state index in [1.807, 2.05) is 11.6 Å². The predicted molar refractivity (Wildman–Crippen MR) is 78.2 cm³/mol. The fourth-order valence-corrected chi connectivity index (χ4v) is 3.64. The van der Waals surface area contributed by atoms with Crippen LogP contribution in [-0.2, 0) is 12.1 Å². The van der Waals surface area contributed by atoms with Crippen molar-refractivity contribution in [3.63, 3.8) is 0 Å². The topological polar surface area (TPSA) is 38.0 Å². The number of aromatic nitrogens is 2. The molecule has 1 N–H and O–H groups in total. The fraction of sp³-hybridized carbons (Fsp3) is 0.800. The lowest BCUT2D eigenvalue weighted by molar-refractivity contribution is 0.0106. The molecule has 1 heterocycles. The molecule has 1 aliphatic rings. The van der Waals surface area contributed by atoms with E-state index in [2.05, 4.69) is 18.9 Å². The zero-order valence-corrected chi connectivity index (χ0v) is 13.0. The van der Waals surface area contributed by atoms with E-state index in [0.29, 0.717) is 16.9 Å². The molecule has 1 aliphatic carbocycles. The van der Waals surface area contributed by atoms with Crippen LogP contribution in [0.4, 0.5) is 0 Å². The summed E-state index contributed by atoms with van der Waals surface area (Å²) in [6.07, 6.45) is 6.58. The summed E-state index contributed by atoms with van der Waals surface area (Å²) in [6, 6.07) is 0. The molecule has 0 spiro atoms. The van der Waals surface area contributed by atoms with Crippen LogP contribution in [0.3, 0.4) is 0 Å². The molecule has 2 unspecified atom stereocenters. The molecule has 0 aliphatic heterocycles.